The van der Waals surface area contributed by atoms with Gasteiger partial charge in [-0.25, -0.2) is 0 Å². The zero-order valence-corrected chi connectivity index (χ0v) is 22.3. The summed E-state index contributed by atoms with van der Waals surface area (Å²) in [6, 6.07) is 34.3. The number of hydrogen-bond acceptors (Lipinski definition) is 4. The summed E-state index contributed by atoms with van der Waals surface area (Å²) in [5.41, 5.74) is 3.67. The molecule has 0 bridgehead atoms. The predicted molar refractivity (Wildman–Crippen MR) is 155 cm³/mol. The van der Waals surface area contributed by atoms with Gasteiger partial charge >= 0.3 is 0 Å². The highest BCUT2D eigenvalue weighted by atomic mass is 16.5. The monoisotopic (exact) mass is 522 g/mol. The van der Waals surface area contributed by atoms with Crippen molar-refractivity contribution in [2.75, 3.05) is 10.6 Å². The molecule has 0 aromatic heterocycles. The number of amides is 2. The van der Waals surface area contributed by atoms with Gasteiger partial charge in [0, 0.05) is 11.4 Å². The summed E-state index contributed by atoms with van der Waals surface area (Å²) in [6.07, 6.45) is 0.724. The predicted octanol–water partition coefficient (Wildman–Crippen LogP) is 6.87. The molecular formula is C33H34N2O4. The lowest BCUT2D eigenvalue weighted by Gasteiger charge is -2.17. The second-order valence-electron chi connectivity index (χ2n) is 9.20. The van der Waals surface area contributed by atoms with E-state index in [1.54, 1.807) is 0 Å². The fourth-order valence-corrected chi connectivity index (χ4v) is 4.06. The second-order valence-corrected chi connectivity index (χ2v) is 9.20. The fourth-order valence-electron chi connectivity index (χ4n) is 4.06. The van der Waals surface area contributed by atoms with Crippen molar-refractivity contribution in [2.45, 2.75) is 45.3 Å². The van der Waals surface area contributed by atoms with Crippen molar-refractivity contribution in [1.82, 2.24) is 0 Å². The average molecular weight is 523 g/mol. The van der Waals surface area contributed by atoms with Crippen molar-refractivity contribution in [3.63, 3.8) is 0 Å². The van der Waals surface area contributed by atoms with Crippen LogP contribution in [0.25, 0.3) is 0 Å². The topological polar surface area (TPSA) is 76.7 Å². The molecule has 6 heteroatoms. The molecule has 200 valence electrons. The molecule has 39 heavy (non-hydrogen) atoms. The van der Waals surface area contributed by atoms with Crippen molar-refractivity contribution in [3.8, 4) is 11.5 Å². The quantitative estimate of drug-likeness (QED) is 0.213. The first-order chi connectivity index (χ1) is 19.0. The van der Waals surface area contributed by atoms with E-state index in [1.165, 1.54) is 0 Å². The van der Waals surface area contributed by atoms with Crippen LogP contribution < -0.4 is 20.1 Å². The lowest BCUT2D eigenvalue weighted by Crippen LogP contribution is -2.32. The van der Waals surface area contributed by atoms with Crippen LogP contribution in [0, 0.1) is 0 Å². The molecule has 6 nitrogen and oxygen atoms in total. The first-order valence-corrected chi connectivity index (χ1v) is 13.3. The molecule has 2 unspecified atom stereocenters. The summed E-state index contributed by atoms with van der Waals surface area (Å²) >= 11 is 0. The Kier molecular flexibility index (Phi) is 9.73. The van der Waals surface area contributed by atoms with E-state index in [0.29, 0.717) is 24.3 Å². The van der Waals surface area contributed by atoms with Gasteiger partial charge in [0.05, 0.1) is 0 Å². The lowest BCUT2D eigenvalue weighted by molar-refractivity contribution is -0.123. The molecule has 4 aromatic carbocycles. The first-order valence-electron chi connectivity index (χ1n) is 13.3. The number of carbonyl (C=O) groups excluding carboxylic acids is 2. The molecule has 0 aliphatic heterocycles. The number of anilines is 2. The van der Waals surface area contributed by atoms with E-state index in [-0.39, 0.29) is 11.8 Å². The van der Waals surface area contributed by atoms with Gasteiger partial charge in [-0.15, -0.1) is 0 Å². The maximum absolute atomic E-state index is 12.7. The van der Waals surface area contributed by atoms with E-state index >= 15 is 0 Å². The van der Waals surface area contributed by atoms with Crippen LogP contribution in [0.3, 0.4) is 0 Å². The number of carbonyl (C=O) groups is 2. The number of ether oxygens (including phenoxy) is 2. The number of nitrogens with one attached hydrogen (secondary N) is 2. The number of benzene rings is 4. The van der Waals surface area contributed by atoms with E-state index in [4.69, 9.17) is 9.47 Å². The summed E-state index contributed by atoms with van der Waals surface area (Å²) in [7, 11) is 0. The van der Waals surface area contributed by atoms with Crippen LogP contribution in [0.4, 0.5) is 11.4 Å². The van der Waals surface area contributed by atoms with Crippen LogP contribution in [0.15, 0.2) is 109 Å². The average Bonchev–Trinajstić information content (AvgIpc) is 2.97. The molecule has 0 fully saturated rings. The SMILES string of the molecule is CCC(Oc1ccccc1)C(=O)Nc1ccc(Cc2ccc(NC(=O)C(CC)Oc3ccccc3)cc2)cc1. The molecule has 2 amide bonds. The Morgan fingerprint density at radius 1 is 0.564 bits per heavy atom. The molecule has 0 aliphatic carbocycles. The van der Waals surface area contributed by atoms with Gasteiger partial charge in [-0.2, -0.15) is 0 Å². The highest BCUT2D eigenvalue weighted by molar-refractivity contribution is 5.95. The Balaban J connectivity index is 1.28. The van der Waals surface area contributed by atoms with Gasteiger partial charge < -0.3 is 20.1 Å². The second kappa shape index (κ2) is 13.8. The zero-order chi connectivity index (χ0) is 27.5. The minimum Gasteiger partial charge on any atom is -0.481 e. The van der Waals surface area contributed by atoms with E-state index in [9.17, 15) is 9.59 Å². The summed E-state index contributed by atoms with van der Waals surface area (Å²) in [6.45, 7) is 3.85. The standard InChI is InChI=1S/C33H34N2O4/c1-3-30(38-28-11-7-5-8-12-28)32(36)34-26-19-15-24(16-20-26)23-25-17-21-27(22-18-25)35-33(37)31(4-2)39-29-13-9-6-10-14-29/h5-22,30-31H,3-4,23H2,1-2H3,(H,34,36)(H,35,37). The minimum absolute atomic E-state index is 0.175. The van der Waals surface area contributed by atoms with Crippen LogP contribution in [-0.4, -0.2) is 24.0 Å². The maximum Gasteiger partial charge on any atom is 0.265 e. The lowest BCUT2D eigenvalue weighted by atomic mass is 10.0. The molecule has 0 aliphatic rings. The number of rotatable bonds is 12. The van der Waals surface area contributed by atoms with Gasteiger partial charge in [0.25, 0.3) is 11.8 Å². The van der Waals surface area contributed by atoms with Gasteiger partial charge in [-0.05, 0) is 78.9 Å². The number of para-hydroxylation sites is 2. The van der Waals surface area contributed by atoms with E-state index < -0.39 is 12.2 Å². The molecular weight excluding hydrogens is 488 g/mol. The van der Waals surface area contributed by atoms with Crippen molar-refractivity contribution < 1.29 is 19.1 Å². The first kappa shape index (κ1) is 27.5. The van der Waals surface area contributed by atoms with Crippen LogP contribution in [0.2, 0.25) is 0 Å². The molecule has 0 saturated carbocycles. The fraction of sp³-hybridized carbons (Fsp3) is 0.212. The van der Waals surface area contributed by atoms with Crippen LogP contribution >= 0.6 is 0 Å². The van der Waals surface area contributed by atoms with Crippen molar-refractivity contribution in [2.24, 2.45) is 0 Å². The molecule has 4 rings (SSSR count). The van der Waals surface area contributed by atoms with Gasteiger partial charge in [-0.3, -0.25) is 9.59 Å². The molecule has 0 heterocycles. The third kappa shape index (κ3) is 8.20. The van der Waals surface area contributed by atoms with Crippen LogP contribution in [-0.2, 0) is 16.0 Å². The molecule has 0 radical (unpaired) electrons. The minimum atomic E-state index is -0.566. The highest BCUT2D eigenvalue weighted by Crippen LogP contribution is 2.19. The Hall–Kier alpha value is -4.58. The Bertz CT molecular complexity index is 1220. The van der Waals surface area contributed by atoms with Crippen molar-refractivity contribution in [1.29, 1.82) is 0 Å². The Morgan fingerprint density at radius 3 is 1.26 bits per heavy atom. The third-order valence-electron chi connectivity index (χ3n) is 6.22. The summed E-state index contributed by atoms with van der Waals surface area (Å²) < 4.78 is 11.7. The van der Waals surface area contributed by atoms with Crippen LogP contribution in [0.1, 0.15) is 37.8 Å². The third-order valence-corrected chi connectivity index (χ3v) is 6.22. The normalized spacial score (nSPS) is 12.2. The van der Waals surface area contributed by atoms with Gasteiger partial charge in [0.15, 0.2) is 12.2 Å². The van der Waals surface area contributed by atoms with Crippen molar-refractivity contribution >= 4 is 23.2 Å². The van der Waals surface area contributed by atoms with Crippen LogP contribution in [0.5, 0.6) is 11.5 Å². The molecule has 2 atom stereocenters. The van der Waals surface area contributed by atoms with Gasteiger partial charge in [0.2, 0.25) is 0 Å². The highest BCUT2D eigenvalue weighted by Gasteiger charge is 2.19. The maximum atomic E-state index is 12.7. The van der Waals surface area contributed by atoms with Gasteiger partial charge in [0.1, 0.15) is 11.5 Å². The van der Waals surface area contributed by atoms with E-state index in [0.717, 1.165) is 28.9 Å². The largest absolute Gasteiger partial charge is 0.481 e. The van der Waals surface area contributed by atoms with Gasteiger partial charge in [-0.1, -0.05) is 74.5 Å². The molecule has 0 spiro atoms. The molecule has 2 N–H and O–H groups in total. The van der Waals surface area contributed by atoms with E-state index in [1.807, 2.05) is 123 Å². The van der Waals surface area contributed by atoms with Crippen molar-refractivity contribution in [3.05, 3.63) is 120 Å². The Morgan fingerprint density at radius 2 is 0.923 bits per heavy atom. The molecule has 0 saturated heterocycles. The summed E-state index contributed by atoms with van der Waals surface area (Å²) in [5.74, 6) is 0.995. The molecule has 4 aromatic rings. The number of hydrogen-bond donors (Lipinski definition) is 2. The Labute approximate surface area is 230 Å². The smallest absolute Gasteiger partial charge is 0.265 e. The van der Waals surface area contributed by atoms with E-state index in [2.05, 4.69) is 10.6 Å². The zero-order valence-electron chi connectivity index (χ0n) is 22.3. The summed E-state index contributed by atoms with van der Waals surface area (Å²) in [5, 5.41) is 5.89. The summed E-state index contributed by atoms with van der Waals surface area (Å²) in [4.78, 5) is 25.4.